The average Bonchev–Trinajstić information content (AvgIpc) is 2.81. The summed E-state index contributed by atoms with van der Waals surface area (Å²) < 4.78 is 15.0. The van der Waals surface area contributed by atoms with Crippen LogP contribution in [0.4, 0.5) is 0 Å². The smallest absolute Gasteiger partial charge is 0.457 e. The minimum Gasteiger partial charge on any atom is -0.457 e. The Kier molecular flexibility index (Phi) is 7.34. The summed E-state index contributed by atoms with van der Waals surface area (Å²) in [5.74, 6) is 3.78. The number of benzene rings is 3. The topological polar surface area (TPSA) is 108 Å². The Balaban J connectivity index is 1.74. The maximum atomic E-state index is 12.5. The Bertz CT molecular complexity index is 997. The lowest BCUT2D eigenvalue weighted by molar-refractivity contribution is 0.0459. The van der Waals surface area contributed by atoms with Crippen LogP contribution in [0, 0.1) is 0 Å². The predicted molar refractivity (Wildman–Crippen MR) is 110 cm³/mol. The van der Waals surface area contributed by atoms with Crippen molar-refractivity contribution >= 4 is 24.5 Å². The van der Waals surface area contributed by atoms with E-state index in [2.05, 4.69) is 4.76 Å². The summed E-state index contributed by atoms with van der Waals surface area (Å²) in [6.07, 6.45) is 0. The Hall–Kier alpha value is -3.46. The van der Waals surface area contributed by atoms with Crippen molar-refractivity contribution in [2.75, 3.05) is 0 Å². The third-order valence-electron chi connectivity index (χ3n) is 4.33. The van der Waals surface area contributed by atoms with E-state index in [1.807, 2.05) is 60.7 Å². The molecule has 3 aromatic carbocycles. The van der Waals surface area contributed by atoms with Gasteiger partial charge < -0.3 is 19.3 Å². The second-order valence-corrected chi connectivity index (χ2v) is 6.41. The monoisotopic (exact) mass is 405 g/mol. The average molecular weight is 405 g/mol. The Morgan fingerprint density at radius 2 is 1.33 bits per heavy atom. The third kappa shape index (κ3) is 5.54. The van der Waals surface area contributed by atoms with E-state index in [0.29, 0.717) is 0 Å². The molecule has 0 bridgehead atoms. The van der Waals surface area contributed by atoms with Gasteiger partial charge in [-0.25, -0.2) is 15.5 Å². The largest absolute Gasteiger partial charge is 0.509 e. The summed E-state index contributed by atoms with van der Waals surface area (Å²) in [7, 11) is -1.62. The number of hydrogen-bond acceptors (Lipinski definition) is 7. The molecule has 0 fully saturated rings. The van der Waals surface area contributed by atoms with Gasteiger partial charge in [0.15, 0.2) is 0 Å². The zero-order chi connectivity index (χ0) is 21.3. The fourth-order valence-electron chi connectivity index (χ4n) is 2.76. The molecular formula is C22H20BNO6. The number of esters is 2. The molecule has 0 aliphatic carbocycles. The normalized spacial score (nSPS) is 10.3. The molecular weight excluding hydrogens is 385 g/mol. The zero-order valence-corrected chi connectivity index (χ0v) is 16.1. The summed E-state index contributed by atoms with van der Waals surface area (Å²) in [5, 5.41) is 10.1. The van der Waals surface area contributed by atoms with Crippen molar-refractivity contribution in [3.8, 4) is 0 Å². The molecule has 0 saturated carbocycles. The van der Waals surface area contributed by atoms with Gasteiger partial charge in [-0.1, -0.05) is 60.7 Å². The molecule has 0 heterocycles. The van der Waals surface area contributed by atoms with Crippen molar-refractivity contribution in [1.29, 1.82) is 0 Å². The maximum absolute atomic E-state index is 12.5. The molecule has 8 heteroatoms. The highest BCUT2D eigenvalue weighted by Crippen LogP contribution is 2.11. The van der Waals surface area contributed by atoms with Crippen molar-refractivity contribution in [1.82, 2.24) is 0 Å². The van der Waals surface area contributed by atoms with E-state index >= 15 is 0 Å². The summed E-state index contributed by atoms with van der Waals surface area (Å²) in [4.78, 5) is 24.9. The summed E-state index contributed by atoms with van der Waals surface area (Å²) >= 11 is 0. The SMILES string of the molecule is NOB(O)c1cc(C(=O)OCc2ccccc2)ccc1C(=O)OCc1ccccc1. The fourth-order valence-corrected chi connectivity index (χ4v) is 2.76. The van der Waals surface area contributed by atoms with Crippen LogP contribution in [-0.2, 0) is 27.4 Å². The van der Waals surface area contributed by atoms with Gasteiger partial charge in [-0.05, 0) is 34.8 Å². The van der Waals surface area contributed by atoms with E-state index in [1.54, 1.807) is 0 Å². The number of carbonyl (C=O) groups excluding carboxylic acids is 2. The van der Waals surface area contributed by atoms with E-state index in [4.69, 9.17) is 15.4 Å². The highest BCUT2D eigenvalue weighted by molar-refractivity contribution is 6.61. The quantitative estimate of drug-likeness (QED) is 0.335. The van der Waals surface area contributed by atoms with Gasteiger partial charge >= 0.3 is 19.1 Å². The predicted octanol–water partition coefficient (Wildman–Crippen LogP) is 1.98. The molecule has 0 atom stereocenters. The molecule has 7 nitrogen and oxygen atoms in total. The van der Waals surface area contributed by atoms with Crippen molar-refractivity contribution in [3.05, 3.63) is 101 Å². The molecule has 0 amide bonds. The minimum absolute atomic E-state index is 0.00437. The van der Waals surface area contributed by atoms with E-state index in [-0.39, 0.29) is 29.8 Å². The van der Waals surface area contributed by atoms with Crippen LogP contribution in [0.25, 0.3) is 0 Å². The van der Waals surface area contributed by atoms with Gasteiger partial charge in [-0.15, -0.1) is 0 Å². The van der Waals surface area contributed by atoms with Crippen LogP contribution in [0.2, 0.25) is 0 Å². The molecule has 30 heavy (non-hydrogen) atoms. The summed E-state index contributed by atoms with van der Waals surface area (Å²) in [6.45, 7) is 0.144. The van der Waals surface area contributed by atoms with Crippen LogP contribution in [0.1, 0.15) is 31.8 Å². The lowest BCUT2D eigenvalue weighted by Gasteiger charge is -2.13. The van der Waals surface area contributed by atoms with Gasteiger partial charge in [0.25, 0.3) is 0 Å². The summed E-state index contributed by atoms with van der Waals surface area (Å²) in [5.41, 5.74) is 1.81. The van der Waals surface area contributed by atoms with Gasteiger partial charge in [0.2, 0.25) is 0 Å². The second kappa shape index (κ2) is 10.4. The second-order valence-electron chi connectivity index (χ2n) is 6.41. The molecule has 0 aromatic heterocycles. The molecule has 3 N–H and O–H groups in total. The summed E-state index contributed by atoms with van der Waals surface area (Å²) in [6, 6.07) is 22.4. The van der Waals surface area contributed by atoms with Crippen LogP contribution in [0.3, 0.4) is 0 Å². The molecule has 0 aliphatic heterocycles. The number of rotatable bonds is 8. The first-order valence-electron chi connectivity index (χ1n) is 9.18. The standard InChI is InChI=1S/C22H20BNO6/c24-30-23(27)20-13-18(21(25)28-14-16-7-3-1-4-8-16)11-12-19(20)22(26)29-15-17-9-5-2-6-10-17/h1-13,27H,14-15,24H2. The molecule has 0 saturated heterocycles. The van der Waals surface area contributed by atoms with E-state index in [9.17, 15) is 14.6 Å². The van der Waals surface area contributed by atoms with Gasteiger partial charge in [-0.3, -0.25) is 0 Å². The molecule has 152 valence electrons. The highest BCUT2D eigenvalue weighted by atomic mass is 16.6. The zero-order valence-electron chi connectivity index (χ0n) is 16.1. The third-order valence-corrected chi connectivity index (χ3v) is 4.33. The van der Waals surface area contributed by atoms with Crippen molar-refractivity contribution in [2.45, 2.75) is 13.2 Å². The molecule has 3 rings (SSSR count). The van der Waals surface area contributed by atoms with E-state index < -0.39 is 19.1 Å². The van der Waals surface area contributed by atoms with Gasteiger partial charge in [0.05, 0.1) is 11.1 Å². The Labute approximate surface area is 174 Å². The Morgan fingerprint density at radius 3 is 1.87 bits per heavy atom. The fraction of sp³-hybridized carbons (Fsp3) is 0.0909. The molecule has 0 aliphatic rings. The van der Waals surface area contributed by atoms with Gasteiger partial charge in [0, 0.05) is 0 Å². The van der Waals surface area contributed by atoms with Crippen LogP contribution in [0.5, 0.6) is 0 Å². The van der Waals surface area contributed by atoms with Crippen molar-refractivity contribution in [3.63, 3.8) is 0 Å². The number of hydrogen-bond donors (Lipinski definition) is 2. The van der Waals surface area contributed by atoms with Crippen molar-refractivity contribution in [2.24, 2.45) is 5.90 Å². The first kappa shape index (κ1) is 21.3. The lowest BCUT2D eigenvalue weighted by atomic mass is 9.76. The molecule has 0 unspecified atom stereocenters. The van der Waals surface area contributed by atoms with Gasteiger partial charge in [-0.2, -0.15) is 0 Å². The Morgan fingerprint density at radius 1 is 0.800 bits per heavy atom. The number of nitrogens with two attached hydrogens (primary N) is 1. The molecule has 0 radical (unpaired) electrons. The van der Waals surface area contributed by atoms with Crippen LogP contribution >= 0.6 is 0 Å². The highest BCUT2D eigenvalue weighted by Gasteiger charge is 2.26. The maximum Gasteiger partial charge on any atom is 0.509 e. The van der Waals surface area contributed by atoms with E-state index in [1.165, 1.54) is 18.2 Å². The lowest BCUT2D eigenvalue weighted by Crippen LogP contribution is -2.40. The number of ether oxygens (including phenoxy) is 2. The molecule has 0 spiro atoms. The van der Waals surface area contributed by atoms with Crippen LogP contribution < -0.4 is 11.4 Å². The number of carbonyl (C=O) groups is 2. The molecule has 3 aromatic rings. The van der Waals surface area contributed by atoms with E-state index in [0.717, 1.165) is 11.1 Å². The van der Waals surface area contributed by atoms with Gasteiger partial charge in [0.1, 0.15) is 13.2 Å². The van der Waals surface area contributed by atoms with Crippen LogP contribution in [-0.4, -0.2) is 24.1 Å². The van der Waals surface area contributed by atoms with Crippen molar-refractivity contribution < 1.29 is 28.8 Å². The first-order valence-corrected chi connectivity index (χ1v) is 9.18. The van der Waals surface area contributed by atoms with Crippen LogP contribution in [0.15, 0.2) is 78.9 Å². The minimum atomic E-state index is -1.62. The first-order chi connectivity index (χ1) is 14.6.